The van der Waals surface area contributed by atoms with Crippen LogP contribution in [0, 0.1) is 5.82 Å². The number of nitrogens with zero attached hydrogens (tertiary/aromatic N) is 1. The molecule has 0 fully saturated rings. The first kappa shape index (κ1) is 17.0. The van der Waals surface area contributed by atoms with E-state index in [9.17, 15) is 9.50 Å². The number of benzene rings is 2. The molecule has 2 aromatic carbocycles. The largest absolute Gasteiger partial charge is 0.387 e. The van der Waals surface area contributed by atoms with E-state index in [4.69, 9.17) is 0 Å². The molecule has 0 saturated carbocycles. The molecule has 5 heteroatoms. The number of thiazole rings is 1. The van der Waals surface area contributed by atoms with E-state index in [0.717, 1.165) is 10.5 Å². The van der Waals surface area contributed by atoms with Gasteiger partial charge < -0.3 is 10.4 Å². The molecule has 0 spiro atoms. The molecule has 0 aliphatic heterocycles. The molecular formula is C19H21FN2OS. The molecule has 3 aromatic rings. The van der Waals surface area contributed by atoms with Crippen molar-refractivity contribution < 1.29 is 9.50 Å². The number of para-hydroxylation sites is 1. The van der Waals surface area contributed by atoms with Gasteiger partial charge in [0.15, 0.2) is 0 Å². The summed E-state index contributed by atoms with van der Waals surface area (Å²) in [5.74, 6) is -0.172. The van der Waals surface area contributed by atoms with E-state index < -0.39 is 6.10 Å². The molecule has 126 valence electrons. The van der Waals surface area contributed by atoms with Crippen molar-refractivity contribution in [2.24, 2.45) is 0 Å². The molecule has 1 aromatic heterocycles. The van der Waals surface area contributed by atoms with Crippen molar-refractivity contribution in [3.63, 3.8) is 0 Å². The lowest BCUT2D eigenvalue weighted by Gasteiger charge is -2.21. The molecule has 3 nitrogen and oxygen atoms in total. The van der Waals surface area contributed by atoms with Crippen molar-refractivity contribution in [1.82, 2.24) is 10.3 Å². The van der Waals surface area contributed by atoms with Crippen LogP contribution in [0.4, 0.5) is 4.39 Å². The van der Waals surface area contributed by atoms with Gasteiger partial charge in [0.05, 0.1) is 21.3 Å². The van der Waals surface area contributed by atoms with Crippen molar-refractivity contribution in [2.75, 3.05) is 6.54 Å². The minimum Gasteiger partial charge on any atom is -0.387 e. The number of aliphatic hydroxyl groups is 1. The highest BCUT2D eigenvalue weighted by molar-refractivity contribution is 7.18. The predicted octanol–water partition coefficient (Wildman–Crippen LogP) is 4.25. The van der Waals surface area contributed by atoms with Crippen molar-refractivity contribution in [1.29, 1.82) is 0 Å². The van der Waals surface area contributed by atoms with Gasteiger partial charge in [0.2, 0.25) is 0 Å². The Balaban J connectivity index is 1.64. The van der Waals surface area contributed by atoms with Crippen LogP contribution in [0.25, 0.3) is 10.2 Å². The van der Waals surface area contributed by atoms with E-state index >= 15 is 0 Å². The van der Waals surface area contributed by atoms with Gasteiger partial charge in [-0.1, -0.05) is 37.3 Å². The third-order valence-corrected chi connectivity index (χ3v) is 5.58. The van der Waals surface area contributed by atoms with Crippen LogP contribution in [0.2, 0.25) is 0 Å². The van der Waals surface area contributed by atoms with Gasteiger partial charge in [-0.2, -0.15) is 0 Å². The van der Waals surface area contributed by atoms with Crippen molar-refractivity contribution in [3.05, 3.63) is 64.9 Å². The van der Waals surface area contributed by atoms with Crippen LogP contribution < -0.4 is 5.32 Å². The van der Waals surface area contributed by atoms with E-state index in [0.29, 0.717) is 12.1 Å². The summed E-state index contributed by atoms with van der Waals surface area (Å²) < 4.78 is 14.9. The van der Waals surface area contributed by atoms with Gasteiger partial charge in [0, 0.05) is 24.1 Å². The molecule has 0 bridgehead atoms. The van der Waals surface area contributed by atoms with Crippen LogP contribution in [-0.4, -0.2) is 22.7 Å². The lowest BCUT2D eigenvalue weighted by atomic mass is 10.0. The Bertz CT molecular complexity index is 787. The maximum absolute atomic E-state index is 13.7. The van der Waals surface area contributed by atoms with Crippen LogP contribution in [-0.2, 0) is 0 Å². The predicted molar refractivity (Wildman–Crippen MR) is 96.9 cm³/mol. The van der Waals surface area contributed by atoms with Crippen LogP contribution in [0.5, 0.6) is 0 Å². The van der Waals surface area contributed by atoms with Crippen molar-refractivity contribution >= 4 is 21.6 Å². The third-order valence-electron chi connectivity index (χ3n) is 4.35. The summed E-state index contributed by atoms with van der Waals surface area (Å²) in [6.45, 7) is 4.48. The summed E-state index contributed by atoms with van der Waals surface area (Å²) in [6, 6.07) is 14.5. The molecule has 0 amide bonds. The van der Waals surface area contributed by atoms with Crippen molar-refractivity contribution in [2.45, 2.75) is 31.9 Å². The van der Waals surface area contributed by atoms with Gasteiger partial charge >= 0.3 is 0 Å². The Labute approximate surface area is 145 Å². The number of nitrogens with one attached hydrogen (secondary N) is 1. The lowest BCUT2D eigenvalue weighted by molar-refractivity contribution is 0.164. The van der Waals surface area contributed by atoms with E-state index in [-0.39, 0.29) is 17.8 Å². The molecule has 0 radical (unpaired) electrons. The lowest BCUT2D eigenvalue weighted by Crippen LogP contribution is -2.34. The first-order chi connectivity index (χ1) is 11.6. The fourth-order valence-electron chi connectivity index (χ4n) is 2.63. The van der Waals surface area contributed by atoms with Crippen LogP contribution >= 0.6 is 11.3 Å². The zero-order chi connectivity index (χ0) is 17.1. The number of hydrogen-bond donors (Lipinski definition) is 2. The summed E-state index contributed by atoms with van der Waals surface area (Å²) in [6.07, 6.45) is -0.865. The normalized spacial score (nSPS) is 15.3. The zero-order valence-electron chi connectivity index (χ0n) is 13.7. The summed E-state index contributed by atoms with van der Waals surface area (Å²) in [7, 11) is 0. The van der Waals surface area contributed by atoms with Gasteiger partial charge in [-0.15, -0.1) is 11.3 Å². The fourth-order valence-corrected chi connectivity index (χ4v) is 3.75. The minimum atomic E-state index is -0.865. The highest BCUT2D eigenvalue weighted by atomic mass is 32.1. The van der Waals surface area contributed by atoms with Crippen molar-refractivity contribution in [3.8, 4) is 0 Å². The van der Waals surface area contributed by atoms with Gasteiger partial charge in [-0.25, -0.2) is 9.37 Å². The molecule has 3 atom stereocenters. The second-order valence-corrected chi connectivity index (χ2v) is 7.10. The molecule has 3 rings (SSSR count). The Morgan fingerprint density at radius 3 is 2.58 bits per heavy atom. The van der Waals surface area contributed by atoms with Gasteiger partial charge in [-0.05, 0) is 25.1 Å². The number of hydrogen-bond acceptors (Lipinski definition) is 4. The average molecular weight is 344 g/mol. The molecule has 3 unspecified atom stereocenters. The monoisotopic (exact) mass is 344 g/mol. The van der Waals surface area contributed by atoms with Crippen LogP contribution in [0.15, 0.2) is 48.5 Å². The van der Waals surface area contributed by atoms with Gasteiger partial charge in [0.25, 0.3) is 0 Å². The second-order valence-electron chi connectivity index (χ2n) is 6.04. The van der Waals surface area contributed by atoms with Gasteiger partial charge in [0.1, 0.15) is 5.82 Å². The second kappa shape index (κ2) is 7.38. The smallest absolute Gasteiger partial charge is 0.129 e. The van der Waals surface area contributed by atoms with Crippen LogP contribution in [0.3, 0.4) is 0 Å². The summed E-state index contributed by atoms with van der Waals surface area (Å²) in [5.41, 5.74) is 1.34. The van der Waals surface area contributed by atoms with E-state index in [1.54, 1.807) is 29.5 Å². The van der Waals surface area contributed by atoms with Crippen LogP contribution in [0.1, 0.15) is 36.4 Å². The number of rotatable bonds is 6. The Morgan fingerprint density at radius 1 is 1.12 bits per heavy atom. The summed E-state index contributed by atoms with van der Waals surface area (Å²) in [4.78, 5) is 4.69. The topological polar surface area (TPSA) is 45.1 Å². The maximum atomic E-state index is 13.7. The molecule has 24 heavy (non-hydrogen) atoms. The standard InChI is InChI=1S/C19H21FN2OS/c1-12(19-22-16-9-5-6-10-18(16)24-19)13(2)21-11-17(23)14-7-3-4-8-15(14)20/h3-10,12-13,17,21,23H,11H2,1-2H3. The molecule has 0 aliphatic carbocycles. The average Bonchev–Trinajstić information content (AvgIpc) is 3.03. The summed E-state index contributed by atoms with van der Waals surface area (Å²) in [5, 5.41) is 14.6. The first-order valence-corrected chi connectivity index (χ1v) is 8.89. The Hall–Kier alpha value is -1.82. The molecule has 0 saturated heterocycles. The minimum absolute atomic E-state index is 0.118. The first-order valence-electron chi connectivity index (χ1n) is 8.07. The molecule has 1 heterocycles. The maximum Gasteiger partial charge on any atom is 0.129 e. The number of fused-ring (bicyclic) bond motifs is 1. The van der Waals surface area contributed by atoms with Gasteiger partial charge in [-0.3, -0.25) is 0 Å². The highest BCUT2D eigenvalue weighted by Gasteiger charge is 2.20. The number of aromatic nitrogens is 1. The Morgan fingerprint density at radius 2 is 1.83 bits per heavy atom. The molecule has 2 N–H and O–H groups in total. The fraction of sp³-hybridized carbons (Fsp3) is 0.316. The van der Waals surface area contributed by atoms with E-state index in [1.807, 2.05) is 18.2 Å². The quantitative estimate of drug-likeness (QED) is 0.703. The molecule has 0 aliphatic rings. The summed E-state index contributed by atoms with van der Waals surface area (Å²) >= 11 is 1.69. The van der Waals surface area contributed by atoms with E-state index in [1.165, 1.54) is 10.8 Å². The zero-order valence-corrected chi connectivity index (χ0v) is 14.6. The SMILES string of the molecule is CC(NCC(O)c1ccccc1F)C(C)c1nc2ccccc2s1. The Kier molecular flexibility index (Phi) is 5.23. The van der Waals surface area contributed by atoms with E-state index in [2.05, 4.69) is 30.2 Å². The highest BCUT2D eigenvalue weighted by Crippen LogP contribution is 2.29. The molecular weight excluding hydrogens is 323 g/mol. The third kappa shape index (κ3) is 3.64. The number of aliphatic hydroxyl groups excluding tert-OH is 1. The number of halogens is 1.